The Morgan fingerprint density at radius 2 is 1.92 bits per heavy atom. The zero-order chi connectivity index (χ0) is 25.5. The lowest BCUT2D eigenvalue weighted by atomic mass is 9.94. The van der Waals surface area contributed by atoms with E-state index in [0.29, 0.717) is 58.4 Å². The van der Waals surface area contributed by atoms with Crippen molar-refractivity contribution in [1.29, 1.82) is 0 Å². The molecular formula is C28H26F3N3O3. The van der Waals surface area contributed by atoms with Crippen molar-refractivity contribution < 1.29 is 27.8 Å². The van der Waals surface area contributed by atoms with Gasteiger partial charge in [0.1, 0.15) is 23.7 Å². The van der Waals surface area contributed by atoms with E-state index in [0.717, 1.165) is 18.5 Å². The zero-order valence-corrected chi connectivity index (χ0v) is 20.0. The van der Waals surface area contributed by atoms with Crippen LogP contribution in [0, 0.1) is 5.82 Å². The van der Waals surface area contributed by atoms with Crippen LogP contribution >= 0.6 is 0 Å². The first-order valence-corrected chi connectivity index (χ1v) is 12.4. The minimum absolute atomic E-state index is 0.0442. The number of imidazole rings is 1. The Hall–Kier alpha value is -3.27. The van der Waals surface area contributed by atoms with E-state index in [1.807, 2.05) is 12.1 Å². The fraction of sp³-hybridized carbons (Fsp3) is 0.357. The molecule has 6 rings (SSSR count). The zero-order valence-electron chi connectivity index (χ0n) is 20.0. The molecule has 2 aliphatic heterocycles. The lowest BCUT2D eigenvalue weighted by molar-refractivity contribution is -0.0181. The smallest absolute Gasteiger partial charge is 0.242 e. The minimum atomic E-state index is -2.52. The summed E-state index contributed by atoms with van der Waals surface area (Å²) in [4.78, 5) is 9.09. The quantitative estimate of drug-likeness (QED) is 0.391. The second-order valence-electron chi connectivity index (χ2n) is 9.53. The van der Waals surface area contributed by atoms with Gasteiger partial charge in [0, 0.05) is 60.8 Å². The number of fused-ring (bicyclic) bond motifs is 3. The average Bonchev–Trinajstić information content (AvgIpc) is 3.28. The van der Waals surface area contributed by atoms with Crippen molar-refractivity contribution in [2.45, 2.75) is 43.8 Å². The van der Waals surface area contributed by atoms with Crippen LogP contribution in [0.2, 0.25) is 0 Å². The molecule has 0 saturated carbocycles. The molecule has 1 N–H and O–H groups in total. The number of aliphatic hydroxyl groups is 1. The number of aliphatic hydroxyl groups excluding tert-OH is 1. The van der Waals surface area contributed by atoms with Crippen molar-refractivity contribution in [3.05, 3.63) is 88.9 Å². The Bertz CT molecular complexity index is 1420. The number of alkyl halides is 2. The van der Waals surface area contributed by atoms with Gasteiger partial charge in [-0.25, -0.2) is 18.2 Å². The van der Waals surface area contributed by atoms with Crippen molar-refractivity contribution in [3.8, 4) is 11.1 Å². The topological polar surface area (TPSA) is 68.9 Å². The number of hydrogen-bond donors (Lipinski definition) is 1. The van der Waals surface area contributed by atoms with Gasteiger partial charge in [-0.3, -0.25) is 9.38 Å². The maximum Gasteiger partial charge on any atom is 0.242 e. The standard InChI is InChI=1S/C28H26F3N3O3/c29-21-12-25-33-26-23(35)15-37-28(19-4-2-1-3-17(19)11-24(30)31)27(26)34(25)14-20(21)18-5-6-22(32-13-18)16-7-9-36-10-8-16/h1-6,12-14,16,23-24,28,35H,7-11,15H2/t23-,28?/m1/s1. The summed E-state index contributed by atoms with van der Waals surface area (Å²) in [7, 11) is 0. The van der Waals surface area contributed by atoms with E-state index >= 15 is 4.39 Å². The molecule has 1 fully saturated rings. The second-order valence-corrected chi connectivity index (χ2v) is 9.53. The van der Waals surface area contributed by atoms with Crippen LogP contribution in [0.4, 0.5) is 13.2 Å². The molecule has 0 bridgehead atoms. The molecule has 2 aliphatic rings. The van der Waals surface area contributed by atoms with Crippen molar-refractivity contribution in [2.75, 3.05) is 19.8 Å². The number of nitrogens with zero attached hydrogens (tertiary/aromatic N) is 3. The lowest BCUT2D eigenvalue weighted by Crippen LogP contribution is -2.24. The fourth-order valence-electron chi connectivity index (χ4n) is 5.34. The van der Waals surface area contributed by atoms with Gasteiger partial charge in [-0.05, 0) is 30.0 Å². The molecule has 1 saturated heterocycles. The van der Waals surface area contributed by atoms with E-state index in [9.17, 15) is 13.9 Å². The molecule has 0 amide bonds. The van der Waals surface area contributed by atoms with Crippen LogP contribution < -0.4 is 0 Å². The first-order valence-electron chi connectivity index (χ1n) is 12.4. The normalized spacial score (nSPS) is 20.5. The molecule has 9 heteroatoms. The Kier molecular flexibility index (Phi) is 6.44. The molecule has 3 aromatic heterocycles. The van der Waals surface area contributed by atoms with E-state index in [4.69, 9.17) is 9.47 Å². The highest BCUT2D eigenvalue weighted by Crippen LogP contribution is 2.40. The predicted molar refractivity (Wildman–Crippen MR) is 130 cm³/mol. The third kappa shape index (κ3) is 4.52. The maximum absolute atomic E-state index is 15.3. The number of benzene rings is 1. The van der Waals surface area contributed by atoms with Crippen LogP contribution in [0.25, 0.3) is 16.8 Å². The molecule has 0 aliphatic carbocycles. The molecular weight excluding hydrogens is 483 g/mol. The molecule has 1 unspecified atom stereocenters. The van der Waals surface area contributed by atoms with Crippen molar-refractivity contribution in [2.24, 2.45) is 0 Å². The largest absolute Gasteiger partial charge is 0.384 e. The van der Waals surface area contributed by atoms with Gasteiger partial charge >= 0.3 is 0 Å². The van der Waals surface area contributed by atoms with Gasteiger partial charge in [-0.2, -0.15) is 0 Å². The van der Waals surface area contributed by atoms with E-state index in [1.165, 1.54) is 6.07 Å². The average molecular weight is 510 g/mol. The second kappa shape index (κ2) is 9.89. The van der Waals surface area contributed by atoms with Crippen LogP contribution in [0.3, 0.4) is 0 Å². The van der Waals surface area contributed by atoms with Crippen LogP contribution in [-0.4, -0.2) is 45.7 Å². The molecule has 0 spiro atoms. The van der Waals surface area contributed by atoms with Crippen LogP contribution in [-0.2, 0) is 15.9 Å². The summed E-state index contributed by atoms with van der Waals surface area (Å²) >= 11 is 0. The number of rotatable bonds is 5. The molecule has 6 nitrogen and oxygen atoms in total. The summed E-state index contributed by atoms with van der Waals surface area (Å²) in [5.41, 5.74) is 4.07. The highest BCUT2D eigenvalue weighted by molar-refractivity contribution is 5.66. The number of ether oxygens (including phenoxy) is 2. The van der Waals surface area contributed by atoms with Crippen molar-refractivity contribution >= 4 is 5.65 Å². The number of aromatic nitrogens is 3. The molecule has 192 valence electrons. The first kappa shape index (κ1) is 24.1. The molecule has 1 aromatic carbocycles. The third-order valence-electron chi connectivity index (χ3n) is 7.21. The van der Waals surface area contributed by atoms with E-state index in [-0.39, 0.29) is 6.61 Å². The molecule has 4 aromatic rings. The van der Waals surface area contributed by atoms with Gasteiger partial charge in [0.05, 0.1) is 18.0 Å². The Balaban J connectivity index is 1.44. The van der Waals surface area contributed by atoms with Gasteiger partial charge in [-0.15, -0.1) is 0 Å². The molecule has 0 radical (unpaired) electrons. The van der Waals surface area contributed by atoms with E-state index in [1.54, 1.807) is 41.1 Å². The van der Waals surface area contributed by atoms with Crippen molar-refractivity contribution in [3.63, 3.8) is 0 Å². The molecule has 5 heterocycles. The Morgan fingerprint density at radius 1 is 1.11 bits per heavy atom. The SMILES string of the molecule is O[C@@H]1COC(c2ccccc2CC(F)F)c2c1nc1cc(F)c(-c3ccc(C4CCOCC4)nc3)cn21. The number of pyridine rings is 2. The van der Waals surface area contributed by atoms with E-state index < -0.39 is 30.9 Å². The minimum Gasteiger partial charge on any atom is -0.384 e. The lowest BCUT2D eigenvalue weighted by Gasteiger charge is -2.28. The Morgan fingerprint density at radius 3 is 2.68 bits per heavy atom. The fourth-order valence-corrected chi connectivity index (χ4v) is 5.34. The van der Waals surface area contributed by atoms with Gasteiger partial charge in [-0.1, -0.05) is 30.3 Å². The summed E-state index contributed by atoms with van der Waals surface area (Å²) in [5, 5.41) is 10.6. The molecule has 37 heavy (non-hydrogen) atoms. The van der Waals surface area contributed by atoms with Crippen LogP contribution in [0.5, 0.6) is 0 Å². The van der Waals surface area contributed by atoms with Crippen molar-refractivity contribution in [1.82, 2.24) is 14.4 Å². The van der Waals surface area contributed by atoms with Gasteiger partial charge in [0.25, 0.3) is 0 Å². The summed E-state index contributed by atoms with van der Waals surface area (Å²) in [6.45, 7) is 1.37. The van der Waals surface area contributed by atoms with E-state index in [2.05, 4.69) is 9.97 Å². The summed E-state index contributed by atoms with van der Waals surface area (Å²) in [6.07, 6.45) is 0.404. The van der Waals surface area contributed by atoms with Gasteiger partial charge in [0.15, 0.2) is 0 Å². The monoisotopic (exact) mass is 509 g/mol. The summed E-state index contributed by atoms with van der Waals surface area (Å²) < 4.78 is 55.0. The Labute approximate surface area is 211 Å². The predicted octanol–water partition coefficient (Wildman–Crippen LogP) is 5.39. The molecule has 2 atom stereocenters. The number of hydrogen-bond acceptors (Lipinski definition) is 5. The maximum atomic E-state index is 15.3. The summed E-state index contributed by atoms with van der Waals surface area (Å²) in [5.74, 6) is -0.149. The highest BCUT2D eigenvalue weighted by Gasteiger charge is 2.34. The number of halogens is 3. The van der Waals surface area contributed by atoms with Crippen LogP contribution in [0.1, 0.15) is 59.2 Å². The third-order valence-corrected chi connectivity index (χ3v) is 7.21. The highest BCUT2D eigenvalue weighted by atomic mass is 19.3. The van der Waals surface area contributed by atoms with Gasteiger partial charge in [0.2, 0.25) is 6.43 Å². The first-order chi connectivity index (χ1) is 18.0. The van der Waals surface area contributed by atoms with Gasteiger partial charge < -0.3 is 14.6 Å². The van der Waals surface area contributed by atoms with Crippen LogP contribution in [0.15, 0.2) is 54.9 Å². The summed E-state index contributed by atoms with van der Waals surface area (Å²) in [6, 6.07) is 12.0.